The number of anilines is 1. The Morgan fingerprint density at radius 2 is 1.29 bits per heavy atom. The standard InChI is InChI=1S/C90H136N12O30S2/c1-6-87(128)41-50-40-86(3,77-55(27-32-101(44-50)48-87)54-17-12-13-18-58(54)94-77)57-38-56-61(39-67(57)130-5)100(4)82-89(56)29-33-102-31-15-28-88(7-2,81(89)102)83(125)90(82,129)84(126)98-99-85(127)131-34-35-133-134-47-70(132-49-105)97-80(124)60(22-24-69(113)93-43-64(109)74(119)76(121)66(111)46-104)96-79(123)52(20-26-72(116)117)37-62(107)59(21-23-68(112)92-42-63(108)73(118)75(120)65(110)45-103)95-78(122)51(19-25-71(114)115)36-53(106)16-11-9-8-10-14-30-91/h12-13,15,17-18,28,38-39,49-52,59-60,63-66,70,73-76,81-83,94,103-104,108-111,118-121,125,128-129H,6-11,14,16,19-27,29-37,40-48,91H2,1-5H3,(H,92,112)(H,93,113)(H,95,122)(H,96,123)(H,97,124)(H,98,126)(H,99,127)(H,114,115)(H,116,117)/t50-,51-,52-,59+,60+,63-,64-,65+,66+,70+,73+,74+,75+,76+,81-,82+,83+,86+,87-,88+,89+,90-/m0/s1. The van der Waals surface area contributed by atoms with Crippen molar-refractivity contribution < 1.29 is 148 Å². The molecule has 6 aliphatic rings. The number of amides is 7. The SMILES string of the molecule is CC[C@]1(O)C[C@H]2CN(CCc3c([nH]c4ccccc34)[C@@](C)(c3cc4c(cc3OC)N(C)[C@H]3[C@@](O)(C(=O)NNC(=O)OCCSSC[C@H](NC(=O)[C@@H](CCC(=O)NC[C@H](O)[C@@H](O)[C@H](O)[C@H](O)CO)NC(=O)[C@@H](CCC(=O)O)CC(=O)[C@@H](CCC(=O)NC[C@H](O)[C@@H](O)[C@H](O)[C@H](O)CO)NC(=O)[C@@H](CCC(=O)O)CC(=O)CCCCCCCN)OC=O)[C@H](O)[C@]5(CC)C=CCN6CC[C@]43[C@@H]65)C2)C1. The molecule has 748 valence electrons. The van der Waals surface area contributed by atoms with Crippen LogP contribution >= 0.6 is 21.6 Å². The molecule has 44 heteroatoms. The summed E-state index contributed by atoms with van der Waals surface area (Å²) in [7, 11) is 5.34. The van der Waals surface area contributed by atoms with E-state index in [4.69, 9.17) is 19.9 Å². The molecule has 134 heavy (non-hydrogen) atoms. The normalized spacial score (nSPS) is 25.7. The number of hydrogen-bond acceptors (Lipinski definition) is 34. The van der Waals surface area contributed by atoms with Gasteiger partial charge in [0.05, 0.1) is 56.0 Å². The molecular weight excluding hydrogens is 1790 g/mol. The highest BCUT2D eigenvalue weighted by molar-refractivity contribution is 8.76. The largest absolute Gasteiger partial charge is 0.496 e. The fraction of sp³-hybridized carbons (Fsp3) is 0.689. The Hall–Kier alpha value is -8.78. The molecule has 9 rings (SSSR count). The third-order valence-corrected chi connectivity index (χ3v) is 29.9. The number of ketones is 2. The lowest BCUT2D eigenvalue weighted by atomic mass is 9.47. The molecule has 42 nitrogen and oxygen atoms in total. The molecule has 3 fully saturated rings. The number of aliphatic carboxylic acids is 2. The smallest absolute Gasteiger partial charge is 0.426 e. The van der Waals surface area contributed by atoms with Crippen molar-refractivity contribution in [2.45, 2.75) is 269 Å². The maximum Gasteiger partial charge on any atom is 0.426 e. The molecular formula is C90H136N12O30S2. The van der Waals surface area contributed by atoms with E-state index in [0.717, 1.165) is 87.2 Å². The molecule has 5 aliphatic heterocycles. The molecule has 25 N–H and O–H groups in total. The number of nitrogens with one attached hydrogen (secondary N) is 8. The number of hydrogen-bond donors (Lipinski definition) is 24. The molecule has 7 amide bonds. The molecule has 1 saturated carbocycles. The summed E-state index contributed by atoms with van der Waals surface area (Å²) in [6.07, 6.45) is -17.2. The second-order valence-corrected chi connectivity index (χ2v) is 39.1. The number of methoxy groups -OCH3 is 1. The van der Waals surface area contributed by atoms with E-state index in [1.807, 2.05) is 49.1 Å². The highest BCUT2D eigenvalue weighted by Gasteiger charge is 2.79. The monoisotopic (exact) mass is 1930 g/mol. The average Bonchev–Trinajstić information content (AvgIpc) is 1.47. The topological polar surface area (TPSA) is 672 Å². The number of para-hydroxylation sites is 1. The third kappa shape index (κ3) is 26.0. The van der Waals surface area contributed by atoms with Crippen molar-refractivity contribution in [3.63, 3.8) is 0 Å². The number of carbonyl (C=O) groups excluding carboxylic acids is 10. The second kappa shape index (κ2) is 49.5. The number of carbonyl (C=O) groups is 12. The number of carboxylic acid groups (broad SMARTS) is 2. The Morgan fingerprint density at radius 1 is 0.687 bits per heavy atom. The number of aromatic nitrogens is 1. The van der Waals surface area contributed by atoms with Crippen LogP contribution < -0.4 is 52.8 Å². The van der Waals surface area contributed by atoms with Crippen molar-refractivity contribution >= 4 is 110 Å². The molecule has 1 unspecified atom stereocenters. The van der Waals surface area contributed by atoms with Crippen LogP contribution in [0.25, 0.3) is 10.9 Å². The minimum Gasteiger partial charge on any atom is -0.496 e. The first-order valence-corrected chi connectivity index (χ1v) is 48.4. The van der Waals surface area contributed by atoms with Gasteiger partial charge < -0.3 is 133 Å². The van der Waals surface area contributed by atoms with Gasteiger partial charge in [0.25, 0.3) is 12.4 Å². The molecule has 1 spiro atoms. The fourth-order valence-electron chi connectivity index (χ4n) is 20.6. The van der Waals surface area contributed by atoms with Gasteiger partial charge in [0.2, 0.25) is 29.5 Å². The van der Waals surface area contributed by atoms with Crippen LogP contribution in [0.5, 0.6) is 5.75 Å². The Kier molecular flexibility index (Phi) is 40.2. The Balaban J connectivity index is 0.893. The minimum atomic E-state index is -2.66. The van der Waals surface area contributed by atoms with Crippen molar-refractivity contribution in [1.82, 2.24) is 52.2 Å². The number of ether oxygens (including phenoxy) is 3. The first-order valence-electron chi connectivity index (χ1n) is 45.9. The number of fused-ring (bicyclic) bond motifs is 6. The number of unbranched alkanes of at least 4 members (excludes halogenated alkanes) is 4. The predicted octanol–water partition coefficient (Wildman–Crippen LogP) is -2.34. The van der Waals surface area contributed by atoms with Crippen molar-refractivity contribution in [3.8, 4) is 5.75 Å². The van der Waals surface area contributed by atoms with Gasteiger partial charge in [0.15, 0.2) is 17.6 Å². The number of likely N-dealkylation sites (N-methyl/N-ethyl adjacent to an activating group) is 1. The fourth-order valence-corrected chi connectivity index (χ4v) is 22.5. The number of H-pyrrole nitrogens is 1. The zero-order valence-corrected chi connectivity index (χ0v) is 78.0. The van der Waals surface area contributed by atoms with Gasteiger partial charge in [-0.2, -0.15) is 0 Å². The summed E-state index contributed by atoms with van der Waals surface area (Å²) in [5.74, 6) is -13.9. The Morgan fingerprint density at radius 3 is 1.90 bits per heavy atom. The number of aromatic amines is 1. The van der Waals surface area contributed by atoms with Crippen LogP contribution in [0.1, 0.15) is 178 Å². The van der Waals surface area contributed by atoms with Gasteiger partial charge in [-0.1, -0.05) is 85.0 Å². The number of piperidine rings is 1. The molecule has 1 aliphatic carbocycles. The Bertz CT molecular complexity index is 4580. The summed E-state index contributed by atoms with van der Waals surface area (Å²) in [6, 6.07) is 7.07. The third-order valence-electron chi connectivity index (χ3n) is 27.6. The number of aliphatic hydroxyl groups excluding tert-OH is 11. The van der Waals surface area contributed by atoms with Gasteiger partial charge in [-0.05, 0) is 126 Å². The van der Waals surface area contributed by atoms with Crippen LogP contribution in [-0.4, -0.2) is 357 Å². The summed E-state index contributed by atoms with van der Waals surface area (Å²) < 4.78 is 17.1. The highest BCUT2D eigenvalue weighted by atomic mass is 33.1. The lowest BCUT2D eigenvalue weighted by molar-refractivity contribution is -0.204. The molecule has 3 aromatic rings. The van der Waals surface area contributed by atoms with E-state index in [9.17, 15) is 129 Å². The number of carboxylic acids is 2. The number of nitrogens with zero attached hydrogens (tertiary/aromatic N) is 3. The van der Waals surface area contributed by atoms with E-state index in [0.29, 0.717) is 82.6 Å². The molecule has 2 aromatic carbocycles. The maximum atomic E-state index is 15.4. The van der Waals surface area contributed by atoms with Crippen LogP contribution in [0.3, 0.4) is 0 Å². The summed E-state index contributed by atoms with van der Waals surface area (Å²) in [5.41, 5.74) is 9.14. The van der Waals surface area contributed by atoms with Gasteiger partial charge in [0, 0.05) is 165 Å². The van der Waals surface area contributed by atoms with Crippen LogP contribution in [0.15, 0.2) is 48.6 Å². The number of Topliss-reactive ketones (excluding diaryl/α,β-unsaturated/α-hetero) is 2. The number of aliphatic hydroxyl groups is 13. The van der Waals surface area contributed by atoms with Gasteiger partial charge >= 0.3 is 18.0 Å². The van der Waals surface area contributed by atoms with Crippen LogP contribution in [0.2, 0.25) is 0 Å². The lowest BCUT2D eigenvalue weighted by Crippen LogP contribution is -2.82. The highest BCUT2D eigenvalue weighted by Crippen LogP contribution is 2.68. The van der Waals surface area contributed by atoms with E-state index in [-0.39, 0.29) is 43.3 Å². The zero-order chi connectivity index (χ0) is 98.3. The summed E-state index contributed by atoms with van der Waals surface area (Å²) in [5, 5.41) is 172. The van der Waals surface area contributed by atoms with Gasteiger partial charge in [-0.3, -0.25) is 68.0 Å². The molecule has 2 saturated heterocycles. The number of hydrazine groups is 1. The number of rotatable bonds is 55. The van der Waals surface area contributed by atoms with Crippen molar-refractivity contribution in [3.05, 3.63) is 70.9 Å². The lowest BCUT2D eigenvalue weighted by Gasteiger charge is -2.63. The van der Waals surface area contributed by atoms with E-state index in [2.05, 4.69) is 77.3 Å². The summed E-state index contributed by atoms with van der Waals surface area (Å²) in [6.45, 7) is 5.69. The average molecular weight is 1930 g/mol. The minimum absolute atomic E-state index is 0.00519. The van der Waals surface area contributed by atoms with Crippen molar-refractivity contribution in [2.24, 2.45) is 28.9 Å². The first-order chi connectivity index (χ1) is 63.7. The molecule has 6 heterocycles. The van der Waals surface area contributed by atoms with Crippen LogP contribution in [0, 0.1) is 23.2 Å². The predicted molar refractivity (Wildman–Crippen MR) is 486 cm³/mol. The van der Waals surface area contributed by atoms with E-state index in [1.54, 1.807) is 14.2 Å². The Labute approximate surface area is 784 Å². The maximum absolute atomic E-state index is 15.4. The number of nitrogens with two attached hydrogens (primary N) is 1. The molecule has 2 bridgehead atoms. The second-order valence-electron chi connectivity index (χ2n) is 36.5. The van der Waals surface area contributed by atoms with Crippen LogP contribution in [-0.2, 0) is 79.5 Å². The van der Waals surface area contributed by atoms with Gasteiger partial charge in [0.1, 0.15) is 66.9 Å². The van der Waals surface area contributed by atoms with E-state index in [1.165, 1.54) is 0 Å². The van der Waals surface area contributed by atoms with Crippen LogP contribution in [0.4, 0.5) is 10.5 Å². The molecule has 23 atom stereocenters. The molecule has 1 aromatic heterocycles. The van der Waals surface area contributed by atoms with E-state index < -0.39 is 280 Å². The van der Waals surface area contributed by atoms with Gasteiger partial charge in [-0.25, -0.2) is 10.2 Å². The zero-order valence-electron chi connectivity index (χ0n) is 76.3. The number of benzene rings is 2. The van der Waals surface area contributed by atoms with Crippen molar-refractivity contribution in [1.29, 1.82) is 0 Å². The summed E-state index contributed by atoms with van der Waals surface area (Å²) >= 11 is 0. The first kappa shape index (κ1) is 109. The molecule has 0 radical (unpaired) electrons. The van der Waals surface area contributed by atoms with E-state index >= 15 is 4.79 Å². The summed E-state index contributed by atoms with van der Waals surface area (Å²) in [4.78, 5) is 174. The quantitative estimate of drug-likeness (QED) is 0.00703. The van der Waals surface area contributed by atoms with Gasteiger partial charge in [-0.15, -0.1) is 0 Å². The van der Waals surface area contributed by atoms with Crippen molar-refractivity contribution in [2.75, 3.05) is 103 Å².